The van der Waals surface area contributed by atoms with Gasteiger partial charge < -0.3 is 14.6 Å². The molecular formula is C18H22BrN3O4. The Morgan fingerprint density at radius 3 is 2.46 bits per heavy atom. The van der Waals surface area contributed by atoms with Crippen LogP contribution in [0.3, 0.4) is 0 Å². The van der Waals surface area contributed by atoms with Gasteiger partial charge in [0.2, 0.25) is 11.8 Å². The van der Waals surface area contributed by atoms with Crippen LogP contribution in [0.25, 0.3) is 0 Å². The zero-order chi connectivity index (χ0) is 19.3. The average molecular weight is 424 g/mol. The number of hydrogen-bond acceptors (Lipinski definition) is 6. The first kappa shape index (κ1) is 20.1. The molecule has 7 nitrogen and oxygen atoms in total. The average Bonchev–Trinajstić information content (AvgIpc) is 3.07. The number of methoxy groups -OCH3 is 1. The molecule has 1 N–H and O–H groups in total. The van der Waals surface area contributed by atoms with Crippen LogP contribution in [0, 0.1) is 0 Å². The second-order valence-electron chi connectivity index (χ2n) is 6.84. The number of aromatic nitrogens is 2. The lowest BCUT2D eigenvalue weighted by atomic mass is 9.96. The third-order valence-electron chi connectivity index (χ3n) is 3.65. The molecule has 2 aromatic rings. The molecule has 0 radical (unpaired) electrons. The van der Waals surface area contributed by atoms with Crippen LogP contribution in [0.2, 0.25) is 0 Å². The second kappa shape index (κ2) is 8.44. The quantitative estimate of drug-likeness (QED) is 0.717. The van der Waals surface area contributed by atoms with Crippen molar-refractivity contribution < 1.29 is 18.8 Å². The SMILES string of the molecule is COC(=O)C(NC(=O)CCc1nc(C(C)(C)C)no1)c1ccc(Br)cc1. The summed E-state index contributed by atoms with van der Waals surface area (Å²) in [6.45, 7) is 5.94. The van der Waals surface area contributed by atoms with Crippen LogP contribution in [-0.4, -0.2) is 29.1 Å². The number of carbonyl (C=O) groups is 2. The van der Waals surface area contributed by atoms with Gasteiger partial charge in [0.15, 0.2) is 11.9 Å². The van der Waals surface area contributed by atoms with Crippen LogP contribution in [0.1, 0.15) is 50.5 Å². The third kappa shape index (κ3) is 5.39. The van der Waals surface area contributed by atoms with E-state index in [1.807, 2.05) is 20.8 Å². The molecule has 0 bridgehead atoms. The van der Waals surface area contributed by atoms with Gasteiger partial charge in [-0.05, 0) is 17.7 Å². The molecule has 0 fully saturated rings. The molecule has 0 saturated carbocycles. The van der Waals surface area contributed by atoms with Crippen LogP contribution < -0.4 is 5.32 Å². The highest BCUT2D eigenvalue weighted by Gasteiger charge is 2.24. The van der Waals surface area contributed by atoms with E-state index >= 15 is 0 Å². The monoisotopic (exact) mass is 423 g/mol. The highest BCUT2D eigenvalue weighted by Crippen LogP contribution is 2.20. The van der Waals surface area contributed by atoms with E-state index in [4.69, 9.17) is 9.26 Å². The van der Waals surface area contributed by atoms with Crippen molar-refractivity contribution in [3.8, 4) is 0 Å². The second-order valence-corrected chi connectivity index (χ2v) is 7.75. The molecule has 8 heteroatoms. The van der Waals surface area contributed by atoms with Crippen molar-refractivity contribution in [2.24, 2.45) is 0 Å². The largest absolute Gasteiger partial charge is 0.467 e. The molecule has 1 aromatic carbocycles. The minimum absolute atomic E-state index is 0.121. The molecular weight excluding hydrogens is 402 g/mol. The number of benzene rings is 1. The number of ether oxygens (including phenoxy) is 1. The maximum absolute atomic E-state index is 12.3. The van der Waals surface area contributed by atoms with Gasteiger partial charge in [0.25, 0.3) is 0 Å². The molecule has 1 heterocycles. The van der Waals surface area contributed by atoms with Crippen LogP contribution in [0.15, 0.2) is 33.3 Å². The van der Waals surface area contributed by atoms with Crippen LogP contribution in [-0.2, 0) is 26.2 Å². The maximum Gasteiger partial charge on any atom is 0.333 e. The summed E-state index contributed by atoms with van der Waals surface area (Å²) in [7, 11) is 1.28. The van der Waals surface area contributed by atoms with Gasteiger partial charge in [0, 0.05) is 22.7 Å². The normalized spacial score (nSPS) is 12.5. The van der Waals surface area contributed by atoms with E-state index in [2.05, 4.69) is 31.4 Å². The Hall–Kier alpha value is -2.22. The molecule has 1 amide bonds. The minimum Gasteiger partial charge on any atom is -0.467 e. The molecule has 0 spiro atoms. The topological polar surface area (TPSA) is 94.3 Å². The molecule has 1 aromatic heterocycles. The first-order valence-electron chi connectivity index (χ1n) is 8.16. The van der Waals surface area contributed by atoms with E-state index in [0.717, 1.165) is 4.47 Å². The van der Waals surface area contributed by atoms with E-state index in [9.17, 15) is 9.59 Å². The number of rotatable bonds is 6. The first-order chi connectivity index (χ1) is 12.2. The Balaban J connectivity index is 2.00. The fraction of sp³-hybridized carbons (Fsp3) is 0.444. The summed E-state index contributed by atoms with van der Waals surface area (Å²) in [5, 5.41) is 6.62. The summed E-state index contributed by atoms with van der Waals surface area (Å²) in [5.74, 6) is 0.144. The van der Waals surface area contributed by atoms with Crippen molar-refractivity contribution in [3.05, 3.63) is 46.0 Å². The summed E-state index contributed by atoms with van der Waals surface area (Å²) in [4.78, 5) is 28.6. The van der Waals surface area contributed by atoms with Crippen LogP contribution >= 0.6 is 15.9 Å². The van der Waals surface area contributed by atoms with E-state index in [-0.39, 0.29) is 17.7 Å². The number of nitrogens with one attached hydrogen (secondary N) is 1. The predicted octanol–water partition coefficient (Wildman–Crippen LogP) is 3.09. The van der Waals surface area contributed by atoms with Crippen molar-refractivity contribution in [1.82, 2.24) is 15.5 Å². The van der Waals surface area contributed by atoms with Crippen molar-refractivity contribution in [3.63, 3.8) is 0 Å². The predicted molar refractivity (Wildman–Crippen MR) is 98.4 cm³/mol. The highest BCUT2D eigenvalue weighted by molar-refractivity contribution is 9.10. The van der Waals surface area contributed by atoms with E-state index in [1.165, 1.54) is 7.11 Å². The minimum atomic E-state index is -0.867. The van der Waals surface area contributed by atoms with Gasteiger partial charge in [-0.1, -0.05) is 54.0 Å². The maximum atomic E-state index is 12.3. The Labute approximate surface area is 160 Å². The highest BCUT2D eigenvalue weighted by atomic mass is 79.9. The van der Waals surface area contributed by atoms with Crippen LogP contribution in [0.5, 0.6) is 0 Å². The molecule has 0 saturated heterocycles. The molecule has 140 valence electrons. The fourth-order valence-corrected chi connectivity index (χ4v) is 2.43. The van der Waals surface area contributed by atoms with Crippen LogP contribution in [0.4, 0.5) is 0 Å². The number of halogens is 1. The third-order valence-corrected chi connectivity index (χ3v) is 4.18. The summed E-state index contributed by atoms with van der Waals surface area (Å²) >= 11 is 3.34. The lowest BCUT2D eigenvalue weighted by Gasteiger charge is -2.16. The Morgan fingerprint density at radius 2 is 1.92 bits per heavy atom. The number of aryl methyl sites for hydroxylation is 1. The van der Waals surface area contributed by atoms with Gasteiger partial charge in [-0.2, -0.15) is 4.98 Å². The van der Waals surface area contributed by atoms with E-state index in [1.54, 1.807) is 24.3 Å². The molecule has 0 aliphatic rings. The number of carbonyl (C=O) groups excluding carboxylic acids is 2. The zero-order valence-corrected chi connectivity index (χ0v) is 16.8. The molecule has 2 rings (SSSR count). The molecule has 0 aliphatic heterocycles. The number of esters is 1. The molecule has 26 heavy (non-hydrogen) atoms. The van der Waals surface area contributed by atoms with Gasteiger partial charge in [-0.3, -0.25) is 4.79 Å². The van der Waals surface area contributed by atoms with Crippen molar-refractivity contribution >= 4 is 27.8 Å². The summed E-state index contributed by atoms with van der Waals surface area (Å²) in [6.07, 6.45) is 0.416. The Bertz CT molecular complexity index is 765. The van der Waals surface area contributed by atoms with E-state index < -0.39 is 12.0 Å². The fourth-order valence-electron chi connectivity index (χ4n) is 2.17. The van der Waals surface area contributed by atoms with Crippen molar-refractivity contribution in [2.75, 3.05) is 7.11 Å². The summed E-state index contributed by atoms with van der Waals surface area (Å²) in [6, 6.07) is 6.22. The van der Waals surface area contributed by atoms with Gasteiger partial charge in [-0.15, -0.1) is 0 Å². The van der Waals surface area contributed by atoms with E-state index in [0.29, 0.717) is 23.7 Å². The van der Waals surface area contributed by atoms with Gasteiger partial charge in [0.05, 0.1) is 7.11 Å². The molecule has 0 aliphatic carbocycles. The van der Waals surface area contributed by atoms with Gasteiger partial charge in [-0.25, -0.2) is 4.79 Å². The van der Waals surface area contributed by atoms with Crippen molar-refractivity contribution in [2.45, 2.75) is 45.1 Å². The summed E-state index contributed by atoms with van der Waals surface area (Å²) < 4.78 is 10.8. The number of amides is 1. The standard InChI is InChI=1S/C18H22BrN3O4/c1-18(2,3)17-21-14(26-22-17)10-9-13(23)20-15(16(24)25-4)11-5-7-12(19)8-6-11/h5-8,15H,9-10H2,1-4H3,(H,20,23). The molecule has 1 atom stereocenters. The van der Waals surface area contributed by atoms with Gasteiger partial charge >= 0.3 is 5.97 Å². The lowest BCUT2D eigenvalue weighted by Crippen LogP contribution is -2.34. The summed E-state index contributed by atoms with van der Waals surface area (Å²) in [5.41, 5.74) is 0.419. The number of hydrogen-bond donors (Lipinski definition) is 1. The number of nitrogens with zero attached hydrogens (tertiary/aromatic N) is 2. The zero-order valence-electron chi connectivity index (χ0n) is 15.2. The first-order valence-corrected chi connectivity index (χ1v) is 8.95. The smallest absolute Gasteiger partial charge is 0.333 e. The van der Waals surface area contributed by atoms with Crippen molar-refractivity contribution in [1.29, 1.82) is 0 Å². The van der Waals surface area contributed by atoms with Gasteiger partial charge in [0.1, 0.15) is 0 Å². The lowest BCUT2D eigenvalue weighted by molar-refractivity contribution is -0.145. The molecule has 1 unspecified atom stereocenters. The Kier molecular flexibility index (Phi) is 6.52. The Morgan fingerprint density at radius 1 is 1.27 bits per heavy atom.